The van der Waals surface area contributed by atoms with Crippen molar-refractivity contribution in [1.82, 2.24) is 0 Å². The number of allylic oxidation sites excluding steroid dienone is 1. The smallest absolute Gasteiger partial charge is 0.193 e. The quantitative estimate of drug-likeness (QED) is 0.828. The molecule has 0 fully saturated rings. The van der Waals surface area contributed by atoms with E-state index in [1.807, 2.05) is 0 Å². The number of Topliss-reactive ketones (excluding diaryl/α,β-unsaturated/α-hetero) is 1. The number of ketones is 2. The lowest BCUT2D eigenvalue weighted by molar-refractivity contribution is -0.126. The highest BCUT2D eigenvalue weighted by molar-refractivity contribution is 6.01. The van der Waals surface area contributed by atoms with Crippen molar-refractivity contribution in [1.29, 1.82) is 0 Å². The van der Waals surface area contributed by atoms with E-state index in [0.29, 0.717) is 17.1 Å². The molecule has 0 bridgehead atoms. The molecule has 1 aromatic rings. The first-order valence-corrected chi connectivity index (χ1v) is 6.82. The van der Waals surface area contributed by atoms with E-state index in [1.165, 1.54) is 39.0 Å². The van der Waals surface area contributed by atoms with E-state index in [-0.39, 0.29) is 5.78 Å². The van der Waals surface area contributed by atoms with Crippen LogP contribution in [0.15, 0.2) is 48.3 Å². The minimum atomic E-state index is -1.58. The predicted octanol–water partition coefficient (Wildman–Crippen LogP) is 1.79. The third kappa shape index (κ3) is 3.50. The van der Waals surface area contributed by atoms with Crippen molar-refractivity contribution >= 4 is 11.6 Å². The van der Waals surface area contributed by atoms with Crippen LogP contribution in [0.4, 0.5) is 0 Å². The minimum Gasteiger partial charge on any atom is -0.458 e. The standard InChI is InChI=1S/C17H18O5/c1-16(2,20)15(19)11-4-6-12(7-5-11)22-13-8-9-14(18)17(3,21)10-13/h4-10,20-21H,1-3H3. The predicted molar refractivity (Wildman–Crippen MR) is 80.6 cm³/mol. The highest BCUT2D eigenvalue weighted by Gasteiger charge is 2.29. The Hall–Kier alpha value is -2.24. The first-order chi connectivity index (χ1) is 10.1. The molecule has 0 aliphatic heterocycles. The average Bonchev–Trinajstić information content (AvgIpc) is 2.42. The number of carbonyl (C=O) groups excluding carboxylic acids is 2. The molecule has 0 spiro atoms. The molecule has 5 nitrogen and oxygen atoms in total. The molecule has 0 radical (unpaired) electrons. The summed E-state index contributed by atoms with van der Waals surface area (Å²) in [6.07, 6.45) is 4.04. The normalized spacial score (nSPS) is 21.5. The molecule has 1 aromatic carbocycles. The van der Waals surface area contributed by atoms with Crippen molar-refractivity contribution in [2.75, 3.05) is 0 Å². The third-order valence-electron chi connectivity index (χ3n) is 3.23. The highest BCUT2D eigenvalue weighted by atomic mass is 16.5. The van der Waals surface area contributed by atoms with E-state index < -0.39 is 17.0 Å². The summed E-state index contributed by atoms with van der Waals surface area (Å²) in [7, 11) is 0. The number of ether oxygens (including phenoxy) is 1. The van der Waals surface area contributed by atoms with E-state index in [4.69, 9.17) is 4.74 Å². The fraction of sp³-hybridized carbons (Fsp3) is 0.294. The monoisotopic (exact) mass is 302 g/mol. The van der Waals surface area contributed by atoms with Gasteiger partial charge in [-0.15, -0.1) is 0 Å². The molecule has 116 valence electrons. The molecule has 1 aliphatic carbocycles. The Balaban J connectivity index is 2.15. The van der Waals surface area contributed by atoms with Crippen molar-refractivity contribution in [3.05, 3.63) is 53.8 Å². The Morgan fingerprint density at radius 3 is 2.27 bits per heavy atom. The topological polar surface area (TPSA) is 83.8 Å². The molecule has 22 heavy (non-hydrogen) atoms. The van der Waals surface area contributed by atoms with Gasteiger partial charge in [0.1, 0.15) is 22.7 Å². The minimum absolute atomic E-state index is 0.339. The molecule has 0 saturated heterocycles. The first kappa shape index (κ1) is 16.1. The van der Waals surface area contributed by atoms with Gasteiger partial charge in [0.25, 0.3) is 0 Å². The van der Waals surface area contributed by atoms with Gasteiger partial charge >= 0.3 is 0 Å². The number of carbonyl (C=O) groups is 2. The van der Waals surface area contributed by atoms with Gasteiger partial charge in [-0.05, 0) is 63.3 Å². The number of aliphatic hydroxyl groups is 2. The molecule has 1 aliphatic rings. The molecular formula is C17H18O5. The van der Waals surface area contributed by atoms with Crippen LogP contribution >= 0.6 is 0 Å². The molecule has 1 atom stereocenters. The molecule has 0 amide bonds. The Morgan fingerprint density at radius 2 is 1.77 bits per heavy atom. The van der Waals surface area contributed by atoms with Crippen LogP contribution in [-0.4, -0.2) is 33.0 Å². The molecule has 2 rings (SSSR count). The SMILES string of the molecule is CC(C)(O)C(=O)c1ccc(OC2=CC(C)(O)C(=O)C=C2)cc1. The zero-order valence-electron chi connectivity index (χ0n) is 12.7. The summed E-state index contributed by atoms with van der Waals surface area (Å²) in [6, 6.07) is 6.26. The van der Waals surface area contributed by atoms with E-state index in [9.17, 15) is 19.8 Å². The van der Waals surface area contributed by atoms with Crippen molar-refractivity contribution in [3.63, 3.8) is 0 Å². The van der Waals surface area contributed by atoms with Crippen LogP contribution in [0.25, 0.3) is 0 Å². The van der Waals surface area contributed by atoms with Crippen LogP contribution in [0, 0.1) is 0 Å². The molecule has 5 heteroatoms. The Labute approximate surface area is 128 Å². The van der Waals surface area contributed by atoms with Gasteiger partial charge in [-0.2, -0.15) is 0 Å². The van der Waals surface area contributed by atoms with Gasteiger partial charge in [-0.1, -0.05) is 0 Å². The lowest BCUT2D eigenvalue weighted by atomic mass is 9.95. The van der Waals surface area contributed by atoms with Crippen molar-refractivity contribution in [2.24, 2.45) is 0 Å². The summed E-state index contributed by atoms with van der Waals surface area (Å²) in [5, 5.41) is 19.6. The number of hydrogen-bond donors (Lipinski definition) is 2. The lowest BCUT2D eigenvalue weighted by Crippen LogP contribution is -2.33. The van der Waals surface area contributed by atoms with E-state index >= 15 is 0 Å². The van der Waals surface area contributed by atoms with Gasteiger partial charge in [0.2, 0.25) is 0 Å². The second-order valence-electron chi connectivity index (χ2n) is 5.91. The Kier molecular flexibility index (Phi) is 4.04. The summed E-state index contributed by atoms with van der Waals surface area (Å²) in [5.74, 6) is -0.00478. The number of hydrogen-bond acceptors (Lipinski definition) is 5. The average molecular weight is 302 g/mol. The van der Waals surface area contributed by atoms with Gasteiger partial charge in [-0.3, -0.25) is 9.59 Å². The van der Waals surface area contributed by atoms with Crippen LogP contribution in [0.5, 0.6) is 5.75 Å². The summed E-state index contributed by atoms with van der Waals surface area (Å²) in [6.45, 7) is 4.24. The largest absolute Gasteiger partial charge is 0.458 e. The van der Waals surface area contributed by atoms with Gasteiger partial charge in [-0.25, -0.2) is 0 Å². The number of rotatable bonds is 4. The Morgan fingerprint density at radius 1 is 1.18 bits per heavy atom. The van der Waals surface area contributed by atoms with Crippen molar-refractivity contribution in [3.8, 4) is 5.75 Å². The summed E-state index contributed by atoms with van der Waals surface area (Å²) in [4.78, 5) is 23.3. The Bertz CT molecular complexity index is 657. The second kappa shape index (κ2) is 5.51. The maximum absolute atomic E-state index is 11.9. The first-order valence-electron chi connectivity index (χ1n) is 6.82. The third-order valence-corrected chi connectivity index (χ3v) is 3.23. The van der Waals surface area contributed by atoms with Crippen molar-refractivity contribution in [2.45, 2.75) is 32.0 Å². The fourth-order valence-electron chi connectivity index (χ4n) is 1.95. The van der Waals surface area contributed by atoms with Gasteiger partial charge < -0.3 is 14.9 Å². The van der Waals surface area contributed by atoms with E-state index in [0.717, 1.165) is 0 Å². The zero-order chi connectivity index (χ0) is 16.5. The highest BCUT2D eigenvalue weighted by Crippen LogP contribution is 2.23. The van der Waals surface area contributed by atoms with Gasteiger partial charge in [0.15, 0.2) is 11.6 Å². The second-order valence-corrected chi connectivity index (χ2v) is 5.91. The van der Waals surface area contributed by atoms with Crippen LogP contribution in [0.2, 0.25) is 0 Å². The molecule has 2 N–H and O–H groups in total. The van der Waals surface area contributed by atoms with Crippen LogP contribution in [0.1, 0.15) is 31.1 Å². The zero-order valence-corrected chi connectivity index (χ0v) is 12.7. The van der Waals surface area contributed by atoms with Crippen LogP contribution in [-0.2, 0) is 4.79 Å². The van der Waals surface area contributed by atoms with Crippen LogP contribution < -0.4 is 4.74 Å². The lowest BCUT2D eigenvalue weighted by Gasteiger charge is -2.20. The maximum Gasteiger partial charge on any atom is 0.193 e. The molecule has 0 aromatic heterocycles. The van der Waals surface area contributed by atoms with Crippen molar-refractivity contribution < 1.29 is 24.5 Å². The van der Waals surface area contributed by atoms with Crippen LogP contribution in [0.3, 0.4) is 0 Å². The van der Waals surface area contributed by atoms with Gasteiger partial charge in [0, 0.05) is 5.56 Å². The fourth-order valence-corrected chi connectivity index (χ4v) is 1.95. The summed E-state index contributed by atoms with van der Waals surface area (Å²) < 4.78 is 5.55. The summed E-state index contributed by atoms with van der Waals surface area (Å²) in [5.41, 5.74) is -2.65. The van der Waals surface area contributed by atoms with Gasteiger partial charge in [0.05, 0.1) is 0 Å². The van der Waals surface area contributed by atoms with E-state index in [2.05, 4.69) is 0 Å². The molecule has 0 saturated carbocycles. The van der Waals surface area contributed by atoms with E-state index in [1.54, 1.807) is 24.3 Å². The molecule has 1 unspecified atom stereocenters. The summed E-state index contributed by atoms with van der Waals surface area (Å²) >= 11 is 0. The maximum atomic E-state index is 11.9. The molecular weight excluding hydrogens is 284 g/mol. The molecule has 0 heterocycles. The number of benzene rings is 1.